The first-order valence-electron chi connectivity index (χ1n) is 6.51. The quantitative estimate of drug-likeness (QED) is 0.672. The first kappa shape index (κ1) is 14.6. The molecule has 0 spiro atoms. The van der Waals surface area contributed by atoms with Gasteiger partial charge in [0.2, 0.25) is 0 Å². The van der Waals surface area contributed by atoms with E-state index >= 15 is 0 Å². The molecule has 0 radical (unpaired) electrons. The molecule has 3 rings (SSSR count). The van der Waals surface area contributed by atoms with E-state index in [-0.39, 0.29) is 5.22 Å². The van der Waals surface area contributed by atoms with Crippen LogP contribution in [0.1, 0.15) is 5.56 Å². The SMILES string of the molecule is COc1ccc(C[S+]([O-])c2nnc(-c3ccncc3)o2)cc1. The molecule has 2 aromatic heterocycles. The van der Waals surface area contributed by atoms with Crippen molar-refractivity contribution in [3.8, 4) is 17.2 Å². The summed E-state index contributed by atoms with van der Waals surface area (Å²) in [4.78, 5) is 3.92. The topological polar surface area (TPSA) is 84.1 Å². The Kier molecular flexibility index (Phi) is 4.36. The first-order valence-corrected chi connectivity index (χ1v) is 7.83. The zero-order chi connectivity index (χ0) is 15.4. The highest BCUT2D eigenvalue weighted by atomic mass is 32.2. The number of ether oxygens (including phenoxy) is 1. The minimum Gasteiger partial charge on any atom is -0.607 e. The van der Waals surface area contributed by atoms with Crippen LogP contribution in [0.25, 0.3) is 11.5 Å². The number of hydrogen-bond acceptors (Lipinski definition) is 6. The summed E-state index contributed by atoms with van der Waals surface area (Å²) >= 11 is -1.39. The maximum atomic E-state index is 12.3. The Balaban J connectivity index is 1.72. The van der Waals surface area contributed by atoms with Crippen LogP contribution in [0.3, 0.4) is 0 Å². The lowest BCUT2D eigenvalue weighted by Crippen LogP contribution is -2.05. The highest BCUT2D eigenvalue weighted by Gasteiger charge is 2.21. The zero-order valence-corrected chi connectivity index (χ0v) is 12.6. The minimum atomic E-state index is -1.39. The van der Waals surface area contributed by atoms with E-state index in [4.69, 9.17) is 9.15 Å². The van der Waals surface area contributed by atoms with Gasteiger partial charge < -0.3 is 13.7 Å². The summed E-state index contributed by atoms with van der Waals surface area (Å²) < 4.78 is 22.8. The van der Waals surface area contributed by atoms with Crippen LogP contribution < -0.4 is 4.74 Å². The number of hydrogen-bond donors (Lipinski definition) is 0. The van der Waals surface area contributed by atoms with Crippen molar-refractivity contribution in [1.29, 1.82) is 0 Å². The van der Waals surface area contributed by atoms with Gasteiger partial charge in [0.25, 0.3) is 5.89 Å². The second kappa shape index (κ2) is 6.59. The Bertz CT molecular complexity index is 731. The Labute approximate surface area is 130 Å². The van der Waals surface area contributed by atoms with Crippen LogP contribution in [0, 0.1) is 0 Å². The van der Waals surface area contributed by atoms with Crippen molar-refractivity contribution in [3.63, 3.8) is 0 Å². The number of methoxy groups -OCH3 is 1. The molecule has 6 nitrogen and oxygen atoms in total. The van der Waals surface area contributed by atoms with Gasteiger partial charge >= 0.3 is 5.22 Å². The standard InChI is InChI=1S/C15H13N3O3S/c1-20-13-4-2-11(3-5-13)10-22(19)15-18-17-14(21-15)12-6-8-16-9-7-12/h2-9H,10H2,1H3. The van der Waals surface area contributed by atoms with E-state index in [1.54, 1.807) is 31.6 Å². The molecule has 0 bridgehead atoms. The van der Waals surface area contributed by atoms with Crippen molar-refractivity contribution in [2.45, 2.75) is 11.0 Å². The molecule has 0 amide bonds. The van der Waals surface area contributed by atoms with Gasteiger partial charge in [-0.3, -0.25) is 4.98 Å². The largest absolute Gasteiger partial charge is 0.607 e. The third-order valence-corrected chi connectivity index (χ3v) is 4.14. The summed E-state index contributed by atoms with van der Waals surface area (Å²) in [6.45, 7) is 0. The molecular formula is C15H13N3O3S. The van der Waals surface area contributed by atoms with Crippen LogP contribution in [0.15, 0.2) is 58.4 Å². The van der Waals surface area contributed by atoms with Gasteiger partial charge in [-0.1, -0.05) is 17.2 Å². The molecule has 112 valence electrons. The molecule has 0 aliphatic rings. The van der Waals surface area contributed by atoms with E-state index < -0.39 is 11.2 Å². The second-order valence-corrected chi connectivity index (χ2v) is 5.78. The van der Waals surface area contributed by atoms with Crippen molar-refractivity contribution in [1.82, 2.24) is 15.2 Å². The lowest BCUT2D eigenvalue weighted by atomic mass is 10.2. The van der Waals surface area contributed by atoms with Crippen molar-refractivity contribution in [2.75, 3.05) is 7.11 Å². The van der Waals surface area contributed by atoms with Gasteiger partial charge in [-0.15, -0.1) is 5.10 Å². The van der Waals surface area contributed by atoms with E-state index in [0.717, 1.165) is 16.9 Å². The molecule has 2 heterocycles. The predicted octanol–water partition coefficient (Wildman–Crippen LogP) is 2.45. The molecule has 1 atom stereocenters. The Morgan fingerprint density at radius 2 is 1.82 bits per heavy atom. The summed E-state index contributed by atoms with van der Waals surface area (Å²) in [5, 5.41) is 7.89. The van der Waals surface area contributed by atoms with Crippen LogP contribution >= 0.6 is 0 Å². The van der Waals surface area contributed by atoms with E-state index in [1.165, 1.54) is 0 Å². The van der Waals surface area contributed by atoms with Crippen LogP contribution in [0.4, 0.5) is 0 Å². The average molecular weight is 315 g/mol. The zero-order valence-electron chi connectivity index (χ0n) is 11.8. The number of aromatic nitrogens is 3. The lowest BCUT2D eigenvalue weighted by molar-refractivity contribution is 0.414. The summed E-state index contributed by atoms with van der Waals surface area (Å²) in [5.74, 6) is 1.40. The predicted molar refractivity (Wildman–Crippen MR) is 80.6 cm³/mol. The van der Waals surface area contributed by atoms with E-state index in [9.17, 15) is 4.55 Å². The normalized spacial score (nSPS) is 12.1. The molecule has 7 heteroatoms. The van der Waals surface area contributed by atoms with Gasteiger partial charge in [0.15, 0.2) is 0 Å². The molecule has 0 aliphatic carbocycles. The van der Waals surface area contributed by atoms with Crippen molar-refractivity contribution >= 4 is 11.2 Å². The molecule has 0 aliphatic heterocycles. The fourth-order valence-electron chi connectivity index (χ4n) is 1.85. The van der Waals surface area contributed by atoms with Crippen LogP contribution in [-0.4, -0.2) is 26.8 Å². The van der Waals surface area contributed by atoms with Gasteiger partial charge in [-0.05, 0) is 24.3 Å². The molecule has 0 fully saturated rings. The van der Waals surface area contributed by atoms with E-state index in [2.05, 4.69) is 15.2 Å². The summed E-state index contributed by atoms with van der Waals surface area (Å²) in [5.41, 5.74) is 1.65. The van der Waals surface area contributed by atoms with Crippen molar-refractivity contribution in [3.05, 3.63) is 54.4 Å². The van der Waals surface area contributed by atoms with E-state index in [0.29, 0.717) is 11.6 Å². The number of benzene rings is 1. The molecule has 0 saturated carbocycles. The number of pyridine rings is 1. The number of rotatable bonds is 5. The summed E-state index contributed by atoms with van der Waals surface area (Å²) in [7, 11) is 1.60. The first-order chi connectivity index (χ1) is 10.8. The molecule has 1 unspecified atom stereocenters. The van der Waals surface area contributed by atoms with E-state index in [1.807, 2.05) is 24.3 Å². The Hall–Kier alpha value is -2.38. The maximum Gasteiger partial charge on any atom is 0.436 e. The Morgan fingerprint density at radius 1 is 1.09 bits per heavy atom. The van der Waals surface area contributed by atoms with Gasteiger partial charge in [0.05, 0.1) is 18.3 Å². The van der Waals surface area contributed by atoms with Crippen LogP contribution in [0.2, 0.25) is 0 Å². The fraction of sp³-hybridized carbons (Fsp3) is 0.133. The molecule has 22 heavy (non-hydrogen) atoms. The van der Waals surface area contributed by atoms with Crippen LogP contribution in [0.5, 0.6) is 5.75 Å². The third-order valence-electron chi connectivity index (χ3n) is 2.99. The fourth-order valence-corrected chi connectivity index (χ4v) is 2.77. The highest BCUT2D eigenvalue weighted by molar-refractivity contribution is 7.90. The third kappa shape index (κ3) is 3.26. The minimum absolute atomic E-state index is 0.114. The number of nitrogens with zero attached hydrogens (tertiary/aromatic N) is 3. The summed E-state index contributed by atoms with van der Waals surface area (Å²) in [6, 6.07) is 10.9. The lowest BCUT2D eigenvalue weighted by Gasteiger charge is -2.06. The van der Waals surface area contributed by atoms with Gasteiger partial charge in [-0.2, -0.15) is 0 Å². The molecule has 0 saturated heterocycles. The smallest absolute Gasteiger partial charge is 0.436 e. The van der Waals surface area contributed by atoms with Gasteiger partial charge in [0.1, 0.15) is 11.5 Å². The van der Waals surface area contributed by atoms with Crippen molar-refractivity contribution in [2.24, 2.45) is 0 Å². The molecule has 0 N–H and O–H groups in total. The maximum absolute atomic E-state index is 12.3. The molecular weight excluding hydrogens is 302 g/mol. The molecule has 3 aromatic rings. The highest BCUT2D eigenvalue weighted by Crippen LogP contribution is 2.22. The second-order valence-electron chi connectivity index (χ2n) is 4.45. The van der Waals surface area contributed by atoms with Gasteiger partial charge in [-0.25, -0.2) is 0 Å². The average Bonchev–Trinajstić information content (AvgIpc) is 3.06. The van der Waals surface area contributed by atoms with Crippen molar-refractivity contribution < 1.29 is 13.7 Å². The van der Waals surface area contributed by atoms with Crippen LogP contribution in [-0.2, 0) is 16.9 Å². The Morgan fingerprint density at radius 3 is 2.50 bits per heavy atom. The summed E-state index contributed by atoms with van der Waals surface area (Å²) in [6.07, 6.45) is 3.26. The monoisotopic (exact) mass is 315 g/mol. The van der Waals surface area contributed by atoms with Gasteiger partial charge in [0, 0.05) is 23.5 Å². The molecule has 1 aromatic carbocycles.